The summed E-state index contributed by atoms with van der Waals surface area (Å²) >= 11 is 10.1. The molecule has 0 unspecified atom stereocenters. The Morgan fingerprint density at radius 3 is 2.58 bits per heavy atom. The van der Waals surface area contributed by atoms with Crippen LogP contribution < -0.4 is 4.74 Å². The Bertz CT molecular complexity index is 277. The minimum atomic E-state index is 0.125. The van der Waals surface area contributed by atoms with Crippen molar-refractivity contribution in [2.75, 3.05) is 7.11 Å². The maximum atomic E-state index is 4.99. The molecule has 0 saturated heterocycles. The molecule has 0 saturated carbocycles. The van der Waals surface area contributed by atoms with Gasteiger partial charge in [-0.25, -0.2) is 4.98 Å². The molecule has 0 aliphatic heterocycles. The van der Waals surface area contributed by atoms with Gasteiger partial charge in [-0.05, 0) is 27.6 Å². The van der Waals surface area contributed by atoms with Crippen molar-refractivity contribution >= 4 is 47.8 Å². The zero-order valence-electron chi connectivity index (χ0n) is 6.22. The molecule has 0 aliphatic rings. The summed E-state index contributed by atoms with van der Waals surface area (Å²) in [4.78, 5) is 4.09. The normalized spacial score (nSPS) is 10.4. The molecule has 1 heterocycles. The molecular formula is C7H6Br3NO. The number of rotatable bonds is 2. The molecule has 0 atom stereocenters. The Labute approximate surface area is 96.1 Å². The first-order valence-electron chi connectivity index (χ1n) is 3.12. The van der Waals surface area contributed by atoms with Crippen LogP contribution in [0.3, 0.4) is 0 Å². The Kier molecular flexibility index (Phi) is 3.99. The third-order valence-corrected chi connectivity index (χ3v) is 2.90. The fraction of sp³-hybridized carbons (Fsp3) is 0.286. The summed E-state index contributed by atoms with van der Waals surface area (Å²) in [6, 6.07) is 1.94. The molecule has 5 heteroatoms. The highest BCUT2D eigenvalue weighted by atomic mass is 79.9. The fourth-order valence-electron chi connectivity index (χ4n) is 0.710. The zero-order chi connectivity index (χ0) is 9.14. The van der Waals surface area contributed by atoms with Gasteiger partial charge in [-0.3, -0.25) is 0 Å². The van der Waals surface area contributed by atoms with Crippen molar-refractivity contribution in [3.05, 3.63) is 22.3 Å². The number of nitrogens with zero attached hydrogens (tertiary/aromatic N) is 1. The van der Waals surface area contributed by atoms with E-state index in [0.717, 1.165) is 10.0 Å². The number of aromatic nitrogens is 1. The Morgan fingerprint density at radius 2 is 2.17 bits per heavy atom. The first kappa shape index (κ1) is 10.5. The van der Waals surface area contributed by atoms with E-state index >= 15 is 0 Å². The summed E-state index contributed by atoms with van der Waals surface area (Å²) in [5, 5.41) is 0. The Balaban J connectivity index is 3.02. The molecule has 0 radical (unpaired) electrons. The van der Waals surface area contributed by atoms with Crippen molar-refractivity contribution in [2.24, 2.45) is 0 Å². The lowest BCUT2D eigenvalue weighted by atomic mass is 10.3. The molecule has 66 valence electrons. The van der Waals surface area contributed by atoms with Crippen molar-refractivity contribution in [1.29, 1.82) is 0 Å². The molecule has 0 bridgehead atoms. The van der Waals surface area contributed by atoms with E-state index in [1.807, 2.05) is 6.07 Å². The van der Waals surface area contributed by atoms with Gasteiger partial charge >= 0.3 is 0 Å². The molecule has 1 aromatic heterocycles. The van der Waals surface area contributed by atoms with Crippen LogP contribution in [0.25, 0.3) is 0 Å². The lowest BCUT2D eigenvalue weighted by molar-refractivity contribution is 0.395. The monoisotopic (exact) mass is 357 g/mol. The minimum absolute atomic E-state index is 0.125. The van der Waals surface area contributed by atoms with Crippen LogP contribution in [0.4, 0.5) is 0 Å². The Hall–Kier alpha value is 0.390. The van der Waals surface area contributed by atoms with Gasteiger partial charge in [-0.1, -0.05) is 31.9 Å². The van der Waals surface area contributed by atoms with Gasteiger partial charge in [0.05, 0.1) is 15.3 Å². The number of methoxy groups -OCH3 is 1. The number of halogens is 3. The quantitative estimate of drug-likeness (QED) is 0.752. The number of hydrogen-bond donors (Lipinski definition) is 0. The molecule has 0 N–H and O–H groups in total. The van der Waals surface area contributed by atoms with Gasteiger partial charge < -0.3 is 4.74 Å². The van der Waals surface area contributed by atoms with E-state index < -0.39 is 0 Å². The van der Waals surface area contributed by atoms with E-state index in [1.54, 1.807) is 13.3 Å². The summed E-state index contributed by atoms with van der Waals surface area (Å²) < 4.78 is 5.97. The second-order valence-corrected chi connectivity index (χ2v) is 5.97. The molecule has 0 aliphatic carbocycles. The molecule has 0 spiro atoms. The van der Waals surface area contributed by atoms with Crippen LogP contribution in [0.5, 0.6) is 5.88 Å². The van der Waals surface area contributed by atoms with Crippen LogP contribution in [0, 0.1) is 0 Å². The van der Waals surface area contributed by atoms with Gasteiger partial charge in [0.2, 0.25) is 5.88 Å². The predicted octanol–water partition coefficient (Wildman–Crippen LogP) is 3.64. The van der Waals surface area contributed by atoms with Gasteiger partial charge in [-0.2, -0.15) is 0 Å². The smallest absolute Gasteiger partial charge is 0.227 e. The second-order valence-electron chi connectivity index (χ2n) is 2.06. The van der Waals surface area contributed by atoms with Crippen molar-refractivity contribution < 1.29 is 4.74 Å². The van der Waals surface area contributed by atoms with E-state index in [4.69, 9.17) is 4.74 Å². The van der Waals surface area contributed by atoms with Gasteiger partial charge in [0.15, 0.2) is 0 Å². The van der Waals surface area contributed by atoms with Gasteiger partial charge in [-0.15, -0.1) is 0 Å². The topological polar surface area (TPSA) is 22.1 Å². The van der Waals surface area contributed by atoms with E-state index in [0.29, 0.717) is 5.88 Å². The molecule has 0 amide bonds. The molecular weight excluding hydrogens is 354 g/mol. The zero-order valence-corrected chi connectivity index (χ0v) is 11.0. The minimum Gasteiger partial charge on any atom is -0.480 e. The van der Waals surface area contributed by atoms with Crippen LogP contribution in [0.15, 0.2) is 16.7 Å². The summed E-state index contributed by atoms with van der Waals surface area (Å²) in [6.45, 7) is 0. The maximum Gasteiger partial charge on any atom is 0.227 e. The van der Waals surface area contributed by atoms with E-state index in [9.17, 15) is 0 Å². The van der Waals surface area contributed by atoms with Crippen LogP contribution in [-0.2, 0) is 0 Å². The lowest BCUT2D eigenvalue weighted by Gasteiger charge is -2.05. The highest BCUT2D eigenvalue weighted by Gasteiger charge is 2.07. The summed E-state index contributed by atoms with van der Waals surface area (Å²) in [5.41, 5.74) is 1.04. The predicted molar refractivity (Wildman–Crippen MR) is 59.1 cm³/mol. The molecule has 1 aromatic rings. The average Bonchev–Trinajstić information content (AvgIpc) is 2.04. The third-order valence-electron chi connectivity index (χ3n) is 1.27. The van der Waals surface area contributed by atoms with Crippen molar-refractivity contribution in [2.45, 2.75) is 3.74 Å². The molecule has 0 fully saturated rings. The van der Waals surface area contributed by atoms with Crippen LogP contribution in [-0.4, -0.2) is 12.1 Å². The van der Waals surface area contributed by atoms with E-state index in [1.165, 1.54) is 0 Å². The van der Waals surface area contributed by atoms with Gasteiger partial charge in [0, 0.05) is 6.20 Å². The van der Waals surface area contributed by atoms with Crippen molar-refractivity contribution in [3.8, 4) is 5.88 Å². The number of hydrogen-bond acceptors (Lipinski definition) is 2. The van der Waals surface area contributed by atoms with Gasteiger partial charge in [0.25, 0.3) is 0 Å². The second kappa shape index (κ2) is 4.58. The molecule has 1 rings (SSSR count). The summed E-state index contributed by atoms with van der Waals surface area (Å²) in [7, 11) is 1.59. The van der Waals surface area contributed by atoms with Crippen LogP contribution >= 0.6 is 47.8 Å². The van der Waals surface area contributed by atoms with E-state index in [2.05, 4.69) is 52.8 Å². The highest BCUT2D eigenvalue weighted by Crippen LogP contribution is 2.32. The maximum absolute atomic E-state index is 4.99. The first-order valence-corrected chi connectivity index (χ1v) is 5.75. The van der Waals surface area contributed by atoms with Gasteiger partial charge in [0.1, 0.15) is 0 Å². The van der Waals surface area contributed by atoms with Crippen LogP contribution in [0.2, 0.25) is 0 Å². The number of alkyl halides is 2. The lowest BCUT2D eigenvalue weighted by Crippen LogP contribution is -1.90. The number of pyridine rings is 1. The van der Waals surface area contributed by atoms with Crippen molar-refractivity contribution in [1.82, 2.24) is 4.98 Å². The fourth-order valence-corrected chi connectivity index (χ4v) is 1.74. The third kappa shape index (κ3) is 2.44. The average molecular weight is 360 g/mol. The van der Waals surface area contributed by atoms with Crippen molar-refractivity contribution in [3.63, 3.8) is 0 Å². The largest absolute Gasteiger partial charge is 0.480 e. The first-order chi connectivity index (χ1) is 5.65. The number of ether oxygens (including phenoxy) is 1. The molecule has 2 nitrogen and oxygen atoms in total. The SMILES string of the molecule is COc1ncc(C(Br)Br)cc1Br. The standard InChI is InChI=1S/C7H6Br3NO/c1-12-7-5(8)2-4(3-11-7)6(9)10/h2-3,6H,1H3. The molecule has 12 heavy (non-hydrogen) atoms. The summed E-state index contributed by atoms with van der Waals surface area (Å²) in [6.07, 6.45) is 1.75. The Morgan fingerprint density at radius 1 is 1.50 bits per heavy atom. The van der Waals surface area contributed by atoms with E-state index in [-0.39, 0.29) is 3.74 Å². The highest BCUT2D eigenvalue weighted by molar-refractivity contribution is 9.24. The molecule has 0 aromatic carbocycles. The summed E-state index contributed by atoms with van der Waals surface area (Å²) in [5.74, 6) is 0.597. The van der Waals surface area contributed by atoms with Crippen LogP contribution in [0.1, 0.15) is 9.30 Å².